The molecule has 112 valence electrons. The van der Waals surface area contributed by atoms with Crippen LogP contribution < -0.4 is 15.8 Å². The standard InChI is InChI=1S/C15H23FN2O2/c1-3-11-9-15(10-17,6-7-20-11)18-14-8-12(19-2)4-5-13(14)16/h4-5,8,11,18H,3,6-7,9-10,17H2,1-2H3. The van der Waals surface area contributed by atoms with Gasteiger partial charge < -0.3 is 20.5 Å². The van der Waals surface area contributed by atoms with Crippen LogP contribution in [0.25, 0.3) is 0 Å². The van der Waals surface area contributed by atoms with E-state index in [-0.39, 0.29) is 17.5 Å². The van der Waals surface area contributed by atoms with Gasteiger partial charge in [0.1, 0.15) is 11.6 Å². The Kier molecular flexibility index (Phi) is 4.83. The van der Waals surface area contributed by atoms with Crippen molar-refractivity contribution in [1.82, 2.24) is 0 Å². The average molecular weight is 282 g/mol. The second-order valence-corrected chi connectivity index (χ2v) is 5.31. The molecule has 2 unspecified atom stereocenters. The topological polar surface area (TPSA) is 56.5 Å². The van der Waals surface area contributed by atoms with Crippen molar-refractivity contribution < 1.29 is 13.9 Å². The van der Waals surface area contributed by atoms with Gasteiger partial charge in [-0.25, -0.2) is 4.39 Å². The molecule has 1 fully saturated rings. The quantitative estimate of drug-likeness (QED) is 0.871. The fourth-order valence-corrected chi connectivity index (χ4v) is 2.64. The van der Waals surface area contributed by atoms with E-state index < -0.39 is 0 Å². The van der Waals surface area contributed by atoms with E-state index in [9.17, 15) is 4.39 Å². The third kappa shape index (κ3) is 3.22. The predicted molar refractivity (Wildman–Crippen MR) is 77.6 cm³/mol. The highest BCUT2D eigenvalue weighted by molar-refractivity contribution is 5.51. The van der Waals surface area contributed by atoms with Gasteiger partial charge >= 0.3 is 0 Å². The molecule has 0 saturated carbocycles. The van der Waals surface area contributed by atoms with Crippen molar-refractivity contribution >= 4 is 5.69 Å². The summed E-state index contributed by atoms with van der Waals surface area (Å²) in [5, 5.41) is 3.29. The van der Waals surface area contributed by atoms with Gasteiger partial charge in [-0.3, -0.25) is 0 Å². The van der Waals surface area contributed by atoms with Gasteiger partial charge in [-0.05, 0) is 31.4 Å². The summed E-state index contributed by atoms with van der Waals surface area (Å²) in [5.74, 6) is 0.332. The fraction of sp³-hybridized carbons (Fsp3) is 0.600. The molecule has 0 spiro atoms. The number of nitrogens with one attached hydrogen (secondary N) is 1. The molecule has 5 heteroatoms. The lowest BCUT2D eigenvalue weighted by molar-refractivity contribution is -0.0126. The van der Waals surface area contributed by atoms with Crippen LogP contribution in [0.5, 0.6) is 5.75 Å². The van der Waals surface area contributed by atoms with Gasteiger partial charge in [0.15, 0.2) is 0 Å². The van der Waals surface area contributed by atoms with Gasteiger partial charge in [0.05, 0.1) is 24.4 Å². The molecule has 0 radical (unpaired) electrons. The molecule has 1 heterocycles. The predicted octanol–water partition coefficient (Wildman–Crippen LogP) is 2.53. The Morgan fingerprint density at radius 1 is 1.55 bits per heavy atom. The molecule has 1 aromatic carbocycles. The Bertz CT molecular complexity index is 455. The summed E-state index contributed by atoms with van der Waals surface area (Å²) in [7, 11) is 1.57. The lowest BCUT2D eigenvalue weighted by atomic mass is 9.85. The highest BCUT2D eigenvalue weighted by atomic mass is 19.1. The Morgan fingerprint density at radius 3 is 3.00 bits per heavy atom. The minimum atomic E-state index is -0.313. The molecule has 2 rings (SSSR count). The third-order valence-electron chi connectivity index (χ3n) is 3.97. The minimum Gasteiger partial charge on any atom is -0.497 e. The Balaban J connectivity index is 2.21. The number of nitrogens with two attached hydrogens (primary N) is 1. The third-order valence-corrected chi connectivity index (χ3v) is 3.97. The summed E-state index contributed by atoms with van der Waals surface area (Å²) in [6, 6.07) is 4.68. The number of halogens is 1. The van der Waals surface area contributed by atoms with E-state index in [0.29, 0.717) is 24.6 Å². The maximum absolute atomic E-state index is 14.0. The van der Waals surface area contributed by atoms with Crippen molar-refractivity contribution in [1.29, 1.82) is 0 Å². The van der Waals surface area contributed by atoms with Crippen LogP contribution in [-0.2, 0) is 4.74 Å². The molecule has 1 aliphatic heterocycles. The van der Waals surface area contributed by atoms with Gasteiger partial charge in [0.25, 0.3) is 0 Å². The monoisotopic (exact) mass is 282 g/mol. The number of hydrogen-bond acceptors (Lipinski definition) is 4. The molecule has 0 aromatic heterocycles. The molecule has 3 N–H and O–H groups in total. The number of anilines is 1. The zero-order chi connectivity index (χ0) is 14.6. The summed E-state index contributed by atoms with van der Waals surface area (Å²) >= 11 is 0. The first kappa shape index (κ1) is 15.1. The second kappa shape index (κ2) is 6.41. The maximum Gasteiger partial charge on any atom is 0.146 e. The Morgan fingerprint density at radius 2 is 2.35 bits per heavy atom. The molecule has 1 saturated heterocycles. The average Bonchev–Trinajstić information content (AvgIpc) is 2.49. The molecule has 4 nitrogen and oxygen atoms in total. The van der Waals surface area contributed by atoms with E-state index in [1.807, 2.05) is 0 Å². The van der Waals surface area contributed by atoms with Crippen LogP contribution >= 0.6 is 0 Å². The number of hydrogen-bond donors (Lipinski definition) is 2. The fourth-order valence-electron chi connectivity index (χ4n) is 2.64. The Hall–Kier alpha value is -1.33. The van der Waals surface area contributed by atoms with Crippen LogP contribution in [0.1, 0.15) is 26.2 Å². The molecule has 0 aliphatic carbocycles. The largest absolute Gasteiger partial charge is 0.497 e. The van der Waals surface area contributed by atoms with E-state index in [4.69, 9.17) is 15.2 Å². The van der Waals surface area contributed by atoms with Crippen LogP contribution in [0.4, 0.5) is 10.1 Å². The normalized spacial score (nSPS) is 26.3. The van der Waals surface area contributed by atoms with Crippen molar-refractivity contribution in [2.45, 2.75) is 37.8 Å². The van der Waals surface area contributed by atoms with Crippen molar-refractivity contribution in [2.24, 2.45) is 5.73 Å². The number of rotatable bonds is 5. The molecule has 0 amide bonds. The number of ether oxygens (including phenoxy) is 2. The summed E-state index contributed by atoms with van der Waals surface area (Å²) in [5.41, 5.74) is 6.08. The molecule has 20 heavy (non-hydrogen) atoms. The smallest absolute Gasteiger partial charge is 0.146 e. The molecular weight excluding hydrogens is 259 g/mol. The summed E-state index contributed by atoms with van der Waals surface area (Å²) in [6.45, 7) is 3.18. The molecular formula is C15H23FN2O2. The zero-order valence-electron chi connectivity index (χ0n) is 12.1. The van der Waals surface area contributed by atoms with Crippen LogP contribution in [0.15, 0.2) is 18.2 Å². The number of methoxy groups -OCH3 is 1. The summed E-state index contributed by atoms with van der Waals surface area (Å²) < 4.78 is 24.8. The lowest BCUT2D eigenvalue weighted by Gasteiger charge is -2.41. The van der Waals surface area contributed by atoms with E-state index in [0.717, 1.165) is 19.3 Å². The second-order valence-electron chi connectivity index (χ2n) is 5.31. The minimum absolute atomic E-state index is 0.175. The van der Waals surface area contributed by atoms with Gasteiger partial charge in [0, 0.05) is 19.2 Å². The first-order valence-corrected chi connectivity index (χ1v) is 7.06. The van der Waals surface area contributed by atoms with Crippen molar-refractivity contribution in [3.63, 3.8) is 0 Å². The molecule has 2 atom stereocenters. The molecule has 0 bridgehead atoms. The lowest BCUT2D eigenvalue weighted by Crippen LogP contribution is -2.52. The van der Waals surface area contributed by atoms with E-state index in [2.05, 4.69) is 12.2 Å². The summed E-state index contributed by atoms with van der Waals surface area (Å²) in [4.78, 5) is 0. The van der Waals surface area contributed by atoms with E-state index in [1.165, 1.54) is 6.07 Å². The van der Waals surface area contributed by atoms with E-state index >= 15 is 0 Å². The molecule has 1 aliphatic rings. The molecule has 1 aromatic rings. The van der Waals surface area contributed by atoms with Gasteiger partial charge in [-0.1, -0.05) is 6.92 Å². The first-order chi connectivity index (χ1) is 9.62. The Labute approximate surface area is 119 Å². The first-order valence-electron chi connectivity index (χ1n) is 7.06. The summed E-state index contributed by atoms with van der Waals surface area (Å²) in [6.07, 6.45) is 2.67. The highest BCUT2D eigenvalue weighted by Crippen LogP contribution is 2.32. The SMILES string of the molecule is CCC1CC(CN)(Nc2cc(OC)ccc2F)CCO1. The zero-order valence-corrected chi connectivity index (χ0v) is 12.1. The van der Waals surface area contributed by atoms with Crippen molar-refractivity contribution in [2.75, 3.05) is 25.6 Å². The van der Waals surface area contributed by atoms with Crippen LogP contribution in [0.3, 0.4) is 0 Å². The van der Waals surface area contributed by atoms with Crippen LogP contribution in [0.2, 0.25) is 0 Å². The van der Waals surface area contributed by atoms with Gasteiger partial charge in [0.2, 0.25) is 0 Å². The van der Waals surface area contributed by atoms with Crippen molar-refractivity contribution in [3.05, 3.63) is 24.0 Å². The van der Waals surface area contributed by atoms with E-state index in [1.54, 1.807) is 19.2 Å². The van der Waals surface area contributed by atoms with Crippen molar-refractivity contribution in [3.8, 4) is 5.75 Å². The number of benzene rings is 1. The van der Waals surface area contributed by atoms with Crippen LogP contribution in [-0.4, -0.2) is 31.9 Å². The van der Waals surface area contributed by atoms with Gasteiger partial charge in [-0.2, -0.15) is 0 Å². The maximum atomic E-state index is 14.0. The van der Waals surface area contributed by atoms with Crippen LogP contribution in [0, 0.1) is 5.82 Å². The van der Waals surface area contributed by atoms with Gasteiger partial charge in [-0.15, -0.1) is 0 Å². The highest BCUT2D eigenvalue weighted by Gasteiger charge is 2.35.